The van der Waals surface area contributed by atoms with Crippen molar-refractivity contribution < 1.29 is 4.74 Å². The molecule has 2 heterocycles. The van der Waals surface area contributed by atoms with Crippen LogP contribution in [0.2, 0.25) is 0 Å². The van der Waals surface area contributed by atoms with E-state index in [0.29, 0.717) is 0 Å². The van der Waals surface area contributed by atoms with Gasteiger partial charge in [-0.15, -0.1) is 0 Å². The smallest absolute Gasteiger partial charge is 0.228 e. The molecule has 30 heavy (non-hydrogen) atoms. The number of nitrogens with zero attached hydrogens (tertiary/aromatic N) is 2. The Morgan fingerprint density at radius 3 is 2.53 bits per heavy atom. The first-order chi connectivity index (χ1) is 14.1. The molecule has 1 spiro atoms. The fraction of sp³-hybridized carbons (Fsp3) is 0.370. The molecule has 3 nitrogen and oxygen atoms in total. The van der Waals surface area contributed by atoms with Gasteiger partial charge in [-0.25, -0.2) is 0 Å². The maximum Gasteiger partial charge on any atom is 0.228 e. The average Bonchev–Trinajstić information content (AvgIpc) is 2.85. The van der Waals surface area contributed by atoms with E-state index < -0.39 is 5.72 Å². The molecule has 0 radical (unpaired) electrons. The molecule has 5 rings (SSSR count). The molecule has 0 amide bonds. The van der Waals surface area contributed by atoms with Crippen molar-refractivity contribution in [1.82, 2.24) is 0 Å². The summed E-state index contributed by atoms with van der Waals surface area (Å²) in [5.41, 5.74) is 3.96. The van der Waals surface area contributed by atoms with E-state index in [1.54, 1.807) is 0 Å². The summed E-state index contributed by atoms with van der Waals surface area (Å²) in [6.07, 6.45) is 2.06. The zero-order valence-electron chi connectivity index (χ0n) is 18.8. The standard InChI is InChI=1S/C27H30N2O/c1-18-11-13-22-21(15-18)26(5,6)27(29(22)17-25(2,3)4)16-28-24-20-10-8-7-9-19(20)12-14-23(24)30-27/h7-16H,17H2,1-6H3. The summed E-state index contributed by atoms with van der Waals surface area (Å²) >= 11 is 0. The Morgan fingerprint density at radius 2 is 1.77 bits per heavy atom. The minimum atomic E-state index is -0.661. The third-order valence-corrected chi connectivity index (χ3v) is 6.54. The van der Waals surface area contributed by atoms with E-state index in [1.807, 2.05) is 0 Å². The van der Waals surface area contributed by atoms with Gasteiger partial charge in [-0.3, -0.25) is 4.99 Å². The van der Waals surface area contributed by atoms with Gasteiger partial charge in [0, 0.05) is 17.6 Å². The average molecular weight is 399 g/mol. The Kier molecular flexibility index (Phi) is 3.90. The van der Waals surface area contributed by atoms with Crippen LogP contribution >= 0.6 is 0 Å². The summed E-state index contributed by atoms with van der Waals surface area (Å²) in [5, 5.41) is 2.32. The molecule has 3 aromatic carbocycles. The lowest BCUT2D eigenvalue weighted by molar-refractivity contribution is 0.0716. The minimum absolute atomic E-state index is 0.108. The first-order valence-corrected chi connectivity index (χ1v) is 10.8. The molecular weight excluding hydrogens is 368 g/mol. The lowest BCUT2D eigenvalue weighted by atomic mass is 9.77. The zero-order valence-corrected chi connectivity index (χ0v) is 18.8. The Balaban J connectivity index is 1.72. The fourth-order valence-corrected chi connectivity index (χ4v) is 4.98. The van der Waals surface area contributed by atoms with Gasteiger partial charge >= 0.3 is 0 Å². The molecule has 0 fully saturated rings. The second-order valence-corrected chi connectivity index (χ2v) is 10.5. The van der Waals surface area contributed by atoms with Crippen LogP contribution in [0.5, 0.6) is 5.75 Å². The normalized spacial score (nSPS) is 21.6. The molecule has 1 atom stereocenters. The summed E-state index contributed by atoms with van der Waals surface area (Å²) in [7, 11) is 0. The largest absolute Gasteiger partial charge is 0.459 e. The first-order valence-electron chi connectivity index (χ1n) is 10.8. The maximum absolute atomic E-state index is 6.96. The quantitative estimate of drug-likeness (QED) is 0.451. The van der Waals surface area contributed by atoms with Crippen LogP contribution in [0, 0.1) is 12.3 Å². The van der Waals surface area contributed by atoms with Gasteiger partial charge in [0.1, 0.15) is 11.4 Å². The number of ether oxygens (including phenoxy) is 1. The molecule has 1 unspecified atom stereocenters. The third kappa shape index (κ3) is 2.61. The van der Waals surface area contributed by atoms with Crippen molar-refractivity contribution in [2.24, 2.45) is 10.4 Å². The van der Waals surface area contributed by atoms with E-state index in [1.165, 1.54) is 22.2 Å². The highest BCUT2D eigenvalue weighted by Gasteiger charge is 2.60. The lowest BCUT2D eigenvalue weighted by Crippen LogP contribution is -2.63. The molecule has 3 heteroatoms. The number of hydrogen-bond acceptors (Lipinski definition) is 3. The van der Waals surface area contributed by atoms with Gasteiger partial charge < -0.3 is 9.64 Å². The van der Waals surface area contributed by atoms with Gasteiger partial charge in [0.25, 0.3) is 0 Å². The summed E-state index contributed by atoms with van der Waals surface area (Å²) in [6, 6.07) is 19.3. The molecule has 0 bridgehead atoms. The summed E-state index contributed by atoms with van der Waals surface area (Å²) in [5.74, 6) is 0.854. The number of hydrogen-bond donors (Lipinski definition) is 0. The third-order valence-electron chi connectivity index (χ3n) is 6.54. The minimum Gasteiger partial charge on any atom is -0.459 e. The van der Waals surface area contributed by atoms with Crippen molar-refractivity contribution in [1.29, 1.82) is 0 Å². The molecule has 0 saturated heterocycles. The SMILES string of the molecule is Cc1ccc2c(c1)C(C)(C)C1(C=Nc3c(ccc4ccccc34)O1)N2CC(C)(C)C. The predicted octanol–water partition coefficient (Wildman–Crippen LogP) is 6.78. The Bertz CT molecular complexity index is 1190. The van der Waals surface area contributed by atoms with Crippen molar-refractivity contribution in [3.8, 4) is 5.75 Å². The highest BCUT2D eigenvalue weighted by atomic mass is 16.5. The highest BCUT2D eigenvalue weighted by molar-refractivity contribution is 5.99. The van der Waals surface area contributed by atoms with E-state index in [0.717, 1.165) is 23.4 Å². The lowest BCUT2D eigenvalue weighted by Gasteiger charge is -2.48. The van der Waals surface area contributed by atoms with Gasteiger partial charge in [-0.05, 0) is 49.3 Å². The number of benzene rings is 3. The molecule has 3 aromatic rings. The number of anilines is 1. The van der Waals surface area contributed by atoms with Gasteiger partial charge in [0.05, 0.1) is 11.6 Å². The van der Waals surface area contributed by atoms with E-state index >= 15 is 0 Å². The Labute approximate surface area is 179 Å². The number of fused-ring (bicyclic) bond motifs is 4. The van der Waals surface area contributed by atoms with E-state index in [9.17, 15) is 0 Å². The van der Waals surface area contributed by atoms with Crippen molar-refractivity contribution >= 4 is 28.4 Å². The van der Waals surface area contributed by atoms with Crippen molar-refractivity contribution in [2.45, 2.75) is 52.7 Å². The molecule has 0 aliphatic carbocycles. The fourth-order valence-electron chi connectivity index (χ4n) is 4.98. The van der Waals surface area contributed by atoms with Crippen LogP contribution < -0.4 is 9.64 Å². The molecular formula is C27H30N2O. The monoisotopic (exact) mass is 398 g/mol. The summed E-state index contributed by atoms with van der Waals surface area (Å²) < 4.78 is 6.96. The molecule has 0 N–H and O–H groups in total. The topological polar surface area (TPSA) is 24.8 Å². The van der Waals surface area contributed by atoms with Crippen LogP contribution in [0.1, 0.15) is 45.7 Å². The summed E-state index contributed by atoms with van der Waals surface area (Å²) in [6.45, 7) is 14.4. The van der Waals surface area contributed by atoms with Crippen LogP contribution in [0.25, 0.3) is 10.8 Å². The van der Waals surface area contributed by atoms with Crippen molar-refractivity contribution in [3.63, 3.8) is 0 Å². The predicted molar refractivity (Wildman–Crippen MR) is 126 cm³/mol. The van der Waals surface area contributed by atoms with Gasteiger partial charge in [0.2, 0.25) is 5.72 Å². The van der Waals surface area contributed by atoms with Crippen molar-refractivity contribution in [3.05, 3.63) is 65.7 Å². The van der Waals surface area contributed by atoms with Crippen LogP contribution in [0.3, 0.4) is 0 Å². The first kappa shape index (κ1) is 19.2. The van der Waals surface area contributed by atoms with Crippen molar-refractivity contribution in [2.75, 3.05) is 11.4 Å². The van der Waals surface area contributed by atoms with Crippen LogP contribution in [0.15, 0.2) is 59.6 Å². The van der Waals surface area contributed by atoms with Crippen LogP contribution in [-0.2, 0) is 5.41 Å². The maximum atomic E-state index is 6.96. The Morgan fingerprint density at radius 1 is 1.00 bits per heavy atom. The Hall–Kier alpha value is -2.81. The van der Waals surface area contributed by atoms with Crippen LogP contribution in [0.4, 0.5) is 11.4 Å². The number of aliphatic imine (C=N–C) groups is 1. The molecule has 154 valence electrons. The summed E-state index contributed by atoms with van der Waals surface area (Å²) in [4.78, 5) is 7.48. The van der Waals surface area contributed by atoms with E-state index in [2.05, 4.69) is 107 Å². The number of aryl methyl sites for hydroxylation is 1. The molecule has 2 aliphatic heterocycles. The zero-order chi connectivity index (χ0) is 21.3. The molecule has 0 aromatic heterocycles. The number of rotatable bonds is 1. The second kappa shape index (κ2) is 6.10. The van der Waals surface area contributed by atoms with Crippen LogP contribution in [-0.4, -0.2) is 18.5 Å². The molecule has 0 saturated carbocycles. The van der Waals surface area contributed by atoms with E-state index in [-0.39, 0.29) is 10.8 Å². The molecule has 2 aliphatic rings. The van der Waals surface area contributed by atoms with Gasteiger partial charge in [-0.1, -0.05) is 68.8 Å². The van der Waals surface area contributed by atoms with E-state index in [4.69, 9.17) is 9.73 Å². The highest BCUT2D eigenvalue weighted by Crippen LogP contribution is 2.55. The second-order valence-electron chi connectivity index (χ2n) is 10.5. The van der Waals surface area contributed by atoms with Gasteiger partial charge in [-0.2, -0.15) is 0 Å². The van der Waals surface area contributed by atoms with Gasteiger partial charge in [0.15, 0.2) is 0 Å².